The van der Waals surface area contributed by atoms with E-state index >= 15 is 0 Å². The highest BCUT2D eigenvalue weighted by Crippen LogP contribution is 2.47. The Labute approximate surface area is 109 Å². The zero-order valence-corrected chi connectivity index (χ0v) is 10.5. The smallest absolute Gasteiger partial charge is 0.0945 e. The first-order chi connectivity index (χ1) is 8.75. The molecule has 2 aliphatic rings. The Bertz CT molecular complexity index is 464. The molecule has 0 aromatic heterocycles. The van der Waals surface area contributed by atoms with Crippen LogP contribution in [0.5, 0.6) is 0 Å². The summed E-state index contributed by atoms with van der Waals surface area (Å²) in [4.78, 5) is 2.08. The minimum Gasteiger partial charge on any atom is -0.385 e. The highest BCUT2D eigenvalue weighted by Gasteiger charge is 2.49. The van der Waals surface area contributed by atoms with E-state index in [1.807, 2.05) is 30.3 Å². The van der Waals surface area contributed by atoms with Crippen molar-refractivity contribution in [3.63, 3.8) is 0 Å². The Balaban J connectivity index is 1.96. The van der Waals surface area contributed by atoms with Crippen molar-refractivity contribution in [2.24, 2.45) is 5.92 Å². The van der Waals surface area contributed by atoms with Crippen LogP contribution in [0.1, 0.15) is 31.2 Å². The fraction of sp³-hybridized carbons (Fsp3) is 0.500. The largest absolute Gasteiger partial charge is 0.385 e. The number of benzene rings is 1. The first kappa shape index (κ1) is 11.6. The molecule has 1 heterocycles. The van der Waals surface area contributed by atoms with E-state index in [4.69, 9.17) is 6.42 Å². The molecule has 94 valence electrons. The maximum absolute atomic E-state index is 11.1. The molecule has 2 nitrogen and oxygen atoms in total. The van der Waals surface area contributed by atoms with E-state index in [2.05, 4.69) is 10.9 Å². The number of likely N-dealkylation sites (tertiary alicyclic amines) is 1. The van der Waals surface area contributed by atoms with Crippen LogP contribution in [0, 0.1) is 18.4 Å². The van der Waals surface area contributed by atoms with Gasteiger partial charge in [0.2, 0.25) is 0 Å². The Morgan fingerprint density at radius 2 is 2.06 bits per heavy atom. The number of aliphatic hydroxyl groups is 1. The van der Waals surface area contributed by atoms with Gasteiger partial charge in [0.1, 0.15) is 0 Å². The molecular weight excluding hydrogens is 222 g/mol. The number of hydrogen-bond donors (Lipinski definition) is 1. The first-order valence-corrected chi connectivity index (χ1v) is 6.76. The summed E-state index contributed by atoms with van der Waals surface area (Å²) in [6.45, 7) is 0.918. The molecule has 0 spiro atoms. The van der Waals surface area contributed by atoms with Crippen LogP contribution in [0.25, 0.3) is 0 Å². The minimum atomic E-state index is -0.685. The van der Waals surface area contributed by atoms with E-state index in [1.54, 1.807) is 0 Å². The Hall–Kier alpha value is -1.46. The summed E-state index contributed by atoms with van der Waals surface area (Å²) >= 11 is 0. The van der Waals surface area contributed by atoms with Crippen LogP contribution in [0.15, 0.2) is 30.3 Å². The number of nitrogens with zero attached hydrogens (tertiary/aromatic N) is 1. The van der Waals surface area contributed by atoms with Gasteiger partial charge in [-0.25, -0.2) is 0 Å². The van der Waals surface area contributed by atoms with Crippen molar-refractivity contribution < 1.29 is 5.11 Å². The van der Waals surface area contributed by atoms with Crippen LogP contribution in [-0.2, 0) is 5.60 Å². The predicted molar refractivity (Wildman–Crippen MR) is 71.6 cm³/mol. The average Bonchev–Trinajstić information content (AvgIpc) is 2.84. The normalized spacial score (nSPS) is 35.0. The molecule has 2 fully saturated rings. The molecule has 0 amide bonds. The lowest BCUT2D eigenvalue weighted by atomic mass is 9.69. The number of terminal acetylenes is 1. The molecule has 2 heteroatoms. The maximum Gasteiger partial charge on any atom is 0.0945 e. The number of hydrogen-bond acceptors (Lipinski definition) is 2. The molecule has 1 N–H and O–H groups in total. The van der Waals surface area contributed by atoms with Crippen LogP contribution in [0.2, 0.25) is 0 Å². The summed E-state index contributed by atoms with van der Waals surface area (Å²) in [5.41, 5.74) is 0.369. The van der Waals surface area contributed by atoms with E-state index in [1.165, 1.54) is 0 Å². The summed E-state index contributed by atoms with van der Waals surface area (Å²) in [5.74, 6) is 0.282. The Morgan fingerprint density at radius 1 is 1.28 bits per heavy atom. The van der Waals surface area contributed by atoms with Crippen molar-refractivity contribution in [1.29, 1.82) is 0 Å². The van der Waals surface area contributed by atoms with Crippen molar-refractivity contribution in [3.8, 4) is 12.5 Å². The van der Waals surface area contributed by atoms with Gasteiger partial charge in [0.25, 0.3) is 0 Å². The maximum atomic E-state index is 11.1. The van der Waals surface area contributed by atoms with Gasteiger partial charge in [0.15, 0.2) is 0 Å². The standard InChI is InChI=1S/C16H19NO/c1-2-17-12-10-14-15(17)9-6-11-16(14,18)13-7-4-3-5-8-13/h1,3-5,7-8,14-15,18H,6,9-12H2. The van der Waals surface area contributed by atoms with E-state index < -0.39 is 5.60 Å². The molecule has 3 rings (SSSR count). The lowest BCUT2D eigenvalue weighted by molar-refractivity contribution is -0.0641. The van der Waals surface area contributed by atoms with Gasteiger partial charge in [-0.2, -0.15) is 0 Å². The number of fused-ring (bicyclic) bond motifs is 1. The van der Waals surface area contributed by atoms with Gasteiger partial charge >= 0.3 is 0 Å². The summed E-state index contributed by atoms with van der Waals surface area (Å²) in [5, 5.41) is 11.1. The molecule has 1 aromatic rings. The molecule has 1 aromatic carbocycles. The first-order valence-electron chi connectivity index (χ1n) is 6.76. The summed E-state index contributed by atoms with van der Waals surface area (Å²) in [6.07, 6.45) is 9.58. The van der Waals surface area contributed by atoms with Crippen molar-refractivity contribution in [3.05, 3.63) is 35.9 Å². The summed E-state index contributed by atoms with van der Waals surface area (Å²) in [6, 6.07) is 13.2. The highest BCUT2D eigenvalue weighted by atomic mass is 16.3. The van der Waals surface area contributed by atoms with Gasteiger partial charge in [-0.05, 0) is 31.2 Å². The topological polar surface area (TPSA) is 23.5 Å². The fourth-order valence-electron chi connectivity index (χ4n) is 3.78. The fourth-order valence-corrected chi connectivity index (χ4v) is 3.78. The quantitative estimate of drug-likeness (QED) is 0.763. The van der Waals surface area contributed by atoms with E-state index in [0.29, 0.717) is 6.04 Å². The van der Waals surface area contributed by atoms with Crippen LogP contribution in [0.3, 0.4) is 0 Å². The van der Waals surface area contributed by atoms with Crippen molar-refractivity contribution in [2.75, 3.05) is 6.54 Å². The lowest BCUT2D eigenvalue weighted by Gasteiger charge is -2.43. The zero-order valence-electron chi connectivity index (χ0n) is 10.5. The monoisotopic (exact) mass is 241 g/mol. The molecule has 3 atom stereocenters. The third-order valence-electron chi connectivity index (χ3n) is 4.66. The molecule has 1 aliphatic carbocycles. The highest BCUT2D eigenvalue weighted by molar-refractivity contribution is 5.26. The van der Waals surface area contributed by atoms with Crippen molar-refractivity contribution in [1.82, 2.24) is 4.90 Å². The van der Waals surface area contributed by atoms with Crippen LogP contribution >= 0.6 is 0 Å². The third-order valence-corrected chi connectivity index (χ3v) is 4.66. The minimum absolute atomic E-state index is 0.282. The molecule has 18 heavy (non-hydrogen) atoms. The van der Waals surface area contributed by atoms with Gasteiger partial charge < -0.3 is 10.0 Å². The SMILES string of the molecule is C#CN1CCC2C1CCCC2(O)c1ccccc1. The molecule has 0 bridgehead atoms. The molecule has 1 saturated heterocycles. The Kier molecular flexibility index (Phi) is 2.80. The average molecular weight is 241 g/mol. The molecular formula is C16H19NO. The van der Waals surface area contributed by atoms with Crippen LogP contribution in [0.4, 0.5) is 0 Å². The second-order valence-corrected chi connectivity index (χ2v) is 5.47. The van der Waals surface area contributed by atoms with E-state index in [9.17, 15) is 5.11 Å². The molecule has 1 aliphatic heterocycles. The summed E-state index contributed by atoms with van der Waals surface area (Å²) in [7, 11) is 0. The zero-order chi connectivity index (χ0) is 12.6. The second kappa shape index (κ2) is 4.33. The van der Waals surface area contributed by atoms with Crippen LogP contribution in [-0.4, -0.2) is 22.6 Å². The molecule has 3 unspecified atom stereocenters. The van der Waals surface area contributed by atoms with Gasteiger partial charge in [-0.15, -0.1) is 0 Å². The van der Waals surface area contributed by atoms with Gasteiger partial charge in [0.05, 0.1) is 5.60 Å². The van der Waals surface area contributed by atoms with Gasteiger partial charge in [-0.3, -0.25) is 0 Å². The van der Waals surface area contributed by atoms with Crippen molar-refractivity contribution >= 4 is 0 Å². The lowest BCUT2D eigenvalue weighted by Crippen LogP contribution is -2.46. The third kappa shape index (κ3) is 1.62. The Morgan fingerprint density at radius 3 is 2.78 bits per heavy atom. The van der Waals surface area contributed by atoms with E-state index in [-0.39, 0.29) is 5.92 Å². The van der Waals surface area contributed by atoms with Crippen molar-refractivity contribution in [2.45, 2.75) is 37.3 Å². The molecule has 1 saturated carbocycles. The van der Waals surface area contributed by atoms with Gasteiger partial charge in [-0.1, -0.05) is 36.8 Å². The number of rotatable bonds is 1. The van der Waals surface area contributed by atoms with E-state index in [0.717, 1.165) is 37.8 Å². The second-order valence-electron chi connectivity index (χ2n) is 5.47. The van der Waals surface area contributed by atoms with Crippen LogP contribution < -0.4 is 0 Å². The summed E-state index contributed by atoms with van der Waals surface area (Å²) < 4.78 is 0. The molecule has 0 radical (unpaired) electrons. The van der Waals surface area contributed by atoms with Gasteiger partial charge in [0, 0.05) is 24.5 Å². The predicted octanol–water partition coefficient (Wildman–Crippen LogP) is 2.34.